The molecule has 9 heteroatoms. The lowest BCUT2D eigenvalue weighted by atomic mass is 10.1. The van der Waals surface area contributed by atoms with Gasteiger partial charge in [0, 0.05) is 23.2 Å². The Morgan fingerprint density at radius 2 is 1.61 bits per heavy atom. The van der Waals surface area contributed by atoms with Gasteiger partial charge in [-0.05, 0) is 28.9 Å². The predicted octanol–water partition coefficient (Wildman–Crippen LogP) is 6.31. The third-order valence-corrected chi connectivity index (χ3v) is 8.74. The van der Waals surface area contributed by atoms with E-state index >= 15 is 0 Å². The molecule has 0 fully saturated rings. The van der Waals surface area contributed by atoms with Gasteiger partial charge in [0.25, 0.3) is 0 Å². The molecule has 0 unspecified atom stereocenters. The summed E-state index contributed by atoms with van der Waals surface area (Å²) < 4.78 is 7.46. The van der Waals surface area contributed by atoms with Crippen LogP contribution >= 0.6 is 22.9 Å². The number of nitrogens with zero attached hydrogens (tertiary/aromatic N) is 5. The third-order valence-electron chi connectivity index (χ3n) is 5.56. The number of hydrogen-bond donors (Lipinski definition) is 0. The van der Waals surface area contributed by atoms with Gasteiger partial charge in [-0.2, -0.15) is 9.97 Å². The van der Waals surface area contributed by atoms with Gasteiger partial charge >= 0.3 is 0 Å². The van der Waals surface area contributed by atoms with Gasteiger partial charge in [-0.3, -0.25) is 4.98 Å². The second-order valence-corrected chi connectivity index (χ2v) is 15.2. The van der Waals surface area contributed by atoms with E-state index in [9.17, 15) is 0 Å². The van der Waals surface area contributed by atoms with Crippen molar-refractivity contribution in [3.05, 3.63) is 60.1 Å². The largest absolute Gasteiger partial charge is 0.455 e. The van der Waals surface area contributed by atoms with Crippen LogP contribution in [0.4, 0.5) is 0 Å². The van der Waals surface area contributed by atoms with Crippen LogP contribution in [-0.4, -0.2) is 33.0 Å². The van der Waals surface area contributed by atoms with E-state index in [0.717, 1.165) is 37.7 Å². The average Bonchev–Trinajstić information content (AvgIpc) is 3.39. The molecule has 6 aromatic rings. The SMILES string of the molecule is C[Si](C)(C)c1cccc2c1oc1c(-c3nc(Cl)nc(-c4nc5ccncc5s4)n3)cccc12. The number of rotatable bonds is 3. The average molecular weight is 488 g/mol. The van der Waals surface area contributed by atoms with Gasteiger partial charge in [0.05, 0.1) is 23.9 Å². The maximum absolute atomic E-state index is 6.50. The zero-order valence-corrected chi connectivity index (χ0v) is 20.7. The fourth-order valence-electron chi connectivity index (χ4n) is 4.03. The first-order valence-corrected chi connectivity index (χ1v) is 15.2. The molecule has 0 atom stereocenters. The summed E-state index contributed by atoms with van der Waals surface area (Å²) in [5, 5.41) is 4.21. The summed E-state index contributed by atoms with van der Waals surface area (Å²) in [4.78, 5) is 22.3. The first-order chi connectivity index (χ1) is 15.9. The van der Waals surface area contributed by atoms with Crippen molar-refractivity contribution in [3.8, 4) is 22.2 Å². The van der Waals surface area contributed by atoms with Crippen LogP contribution in [0.25, 0.3) is 54.4 Å². The van der Waals surface area contributed by atoms with Gasteiger partial charge in [-0.1, -0.05) is 50.0 Å². The first-order valence-electron chi connectivity index (χ1n) is 10.5. The van der Waals surface area contributed by atoms with Crippen molar-refractivity contribution >= 4 is 68.4 Å². The summed E-state index contributed by atoms with van der Waals surface area (Å²) in [7, 11) is -1.60. The van der Waals surface area contributed by atoms with Crippen molar-refractivity contribution in [2.75, 3.05) is 0 Å². The molecule has 4 aromatic heterocycles. The van der Waals surface area contributed by atoms with Crippen LogP contribution in [0, 0.1) is 0 Å². The molecule has 0 aliphatic carbocycles. The van der Waals surface area contributed by atoms with E-state index in [1.54, 1.807) is 12.4 Å². The minimum absolute atomic E-state index is 0.114. The highest BCUT2D eigenvalue weighted by Gasteiger charge is 2.24. The zero-order valence-electron chi connectivity index (χ0n) is 18.1. The minimum Gasteiger partial charge on any atom is -0.455 e. The fourth-order valence-corrected chi connectivity index (χ4v) is 6.52. The van der Waals surface area contributed by atoms with Crippen molar-refractivity contribution in [2.24, 2.45) is 0 Å². The highest BCUT2D eigenvalue weighted by molar-refractivity contribution is 7.21. The lowest BCUT2D eigenvalue weighted by Gasteiger charge is -2.16. The molecule has 0 N–H and O–H groups in total. The van der Waals surface area contributed by atoms with E-state index in [-0.39, 0.29) is 5.28 Å². The number of aromatic nitrogens is 5. The highest BCUT2D eigenvalue weighted by Crippen LogP contribution is 2.36. The second kappa shape index (κ2) is 7.41. The van der Waals surface area contributed by atoms with Gasteiger partial charge in [-0.15, -0.1) is 11.3 Å². The van der Waals surface area contributed by atoms with E-state index in [1.807, 2.05) is 18.2 Å². The van der Waals surface area contributed by atoms with Crippen molar-refractivity contribution in [3.63, 3.8) is 0 Å². The molecule has 0 aliphatic heterocycles. The lowest BCUT2D eigenvalue weighted by Crippen LogP contribution is -2.37. The van der Waals surface area contributed by atoms with Crippen LogP contribution in [0.1, 0.15) is 0 Å². The van der Waals surface area contributed by atoms with E-state index in [4.69, 9.17) is 21.0 Å². The Balaban J connectivity index is 1.58. The van der Waals surface area contributed by atoms with Gasteiger partial charge in [-0.25, -0.2) is 9.97 Å². The van der Waals surface area contributed by atoms with Crippen LogP contribution in [0.15, 0.2) is 59.3 Å². The number of pyridine rings is 1. The monoisotopic (exact) mass is 487 g/mol. The van der Waals surface area contributed by atoms with E-state index in [2.05, 4.69) is 63.8 Å². The second-order valence-electron chi connectivity index (χ2n) is 8.83. The summed E-state index contributed by atoms with van der Waals surface area (Å²) in [6.45, 7) is 6.96. The number of furan rings is 1. The van der Waals surface area contributed by atoms with E-state index in [1.165, 1.54) is 16.5 Å². The van der Waals surface area contributed by atoms with Gasteiger partial charge in [0.2, 0.25) is 5.28 Å². The van der Waals surface area contributed by atoms with Crippen molar-refractivity contribution in [1.29, 1.82) is 0 Å². The van der Waals surface area contributed by atoms with Crippen LogP contribution < -0.4 is 5.19 Å². The maximum atomic E-state index is 6.50. The van der Waals surface area contributed by atoms with Crippen LogP contribution in [0.5, 0.6) is 0 Å². The number of halogens is 1. The summed E-state index contributed by atoms with van der Waals surface area (Å²) in [5.74, 6) is 0.892. The quantitative estimate of drug-likeness (QED) is 0.272. The number of thiazole rings is 1. The molecule has 0 amide bonds. The van der Waals surface area contributed by atoms with Gasteiger partial charge < -0.3 is 4.42 Å². The Bertz CT molecular complexity index is 1650. The smallest absolute Gasteiger partial charge is 0.226 e. The molecule has 162 valence electrons. The summed E-state index contributed by atoms with van der Waals surface area (Å²) in [5.41, 5.74) is 3.32. The number of benzene rings is 2. The Morgan fingerprint density at radius 3 is 2.39 bits per heavy atom. The first kappa shape index (κ1) is 20.4. The van der Waals surface area contributed by atoms with Gasteiger partial charge in [0.1, 0.15) is 11.2 Å². The molecule has 4 heterocycles. The molecule has 0 saturated heterocycles. The van der Waals surface area contributed by atoms with Crippen LogP contribution in [-0.2, 0) is 0 Å². The fraction of sp³-hybridized carbons (Fsp3) is 0.125. The van der Waals surface area contributed by atoms with Crippen molar-refractivity contribution < 1.29 is 4.42 Å². The Labute approximate surface area is 199 Å². The topological polar surface area (TPSA) is 77.6 Å². The Hall–Kier alpha value is -3.20. The number of hydrogen-bond acceptors (Lipinski definition) is 7. The molecular weight excluding hydrogens is 470 g/mol. The summed E-state index contributed by atoms with van der Waals surface area (Å²) in [6, 6.07) is 14.3. The molecule has 2 aromatic carbocycles. The van der Waals surface area contributed by atoms with Crippen molar-refractivity contribution in [1.82, 2.24) is 24.9 Å². The maximum Gasteiger partial charge on any atom is 0.226 e. The van der Waals surface area contributed by atoms with E-state index in [0.29, 0.717) is 16.7 Å². The normalized spacial score (nSPS) is 12.2. The summed E-state index contributed by atoms with van der Waals surface area (Å²) >= 11 is 7.81. The minimum atomic E-state index is -1.60. The number of para-hydroxylation sites is 2. The third kappa shape index (κ3) is 3.42. The molecule has 33 heavy (non-hydrogen) atoms. The Kier molecular flexibility index (Phi) is 4.58. The Morgan fingerprint density at radius 1 is 0.848 bits per heavy atom. The molecule has 0 radical (unpaired) electrons. The lowest BCUT2D eigenvalue weighted by molar-refractivity contribution is 0.671. The molecule has 0 aliphatic rings. The zero-order chi connectivity index (χ0) is 22.7. The number of fused-ring (bicyclic) bond motifs is 4. The van der Waals surface area contributed by atoms with Crippen molar-refractivity contribution in [2.45, 2.75) is 19.6 Å². The molecule has 0 spiro atoms. The summed E-state index contributed by atoms with van der Waals surface area (Å²) in [6.07, 6.45) is 3.50. The molecule has 6 rings (SSSR count). The molecule has 0 bridgehead atoms. The molecule has 0 saturated carbocycles. The van der Waals surface area contributed by atoms with Gasteiger partial charge in [0.15, 0.2) is 16.7 Å². The van der Waals surface area contributed by atoms with Crippen LogP contribution in [0.2, 0.25) is 24.9 Å². The van der Waals surface area contributed by atoms with E-state index < -0.39 is 8.07 Å². The highest BCUT2D eigenvalue weighted by atomic mass is 35.5. The molecular formula is C24H18ClN5OSSi. The molecule has 6 nitrogen and oxygen atoms in total. The van der Waals surface area contributed by atoms with Crippen LogP contribution in [0.3, 0.4) is 0 Å². The standard InChI is InChI=1S/C24H18ClN5OSSi/c1-33(2,3)18-9-5-7-14-13-6-4-8-15(19(13)31-20(14)18)21-28-22(30-24(25)29-21)23-27-16-10-11-26-12-17(16)32-23/h4-12H,1-3H3. The predicted molar refractivity (Wildman–Crippen MR) is 137 cm³/mol.